The van der Waals surface area contributed by atoms with Crippen molar-refractivity contribution in [1.29, 1.82) is 0 Å². The van der Waals surface area contributed by atoms with E-state index in [0.29, 0.717) is 6.29 Å². The average molecular weight is 251 g/mol. The highest BCUT2D eigenvalue weighted by Crippen LogP contribution is 2.48. The van der Waals surface area contributed by atoms with E-state index in [9.17, 15) is 9.90 Å². The van der Waals surface area contributed by atoms with Crippen molar-refractivity contribution >= 4 is 29.5 Å². The number of aldehydes is 1. The number of phenols is 1. The maximum absolute atomic E-state index is 10.7. The molecule has 1 aromatic carbocycles. The fraction of sp³-hybridized carbons (Fsp3) is 0.222. The lowest BCUT2D eigenvalue weighted by Gasteiger charge is -2.13. The molecular weight excluding hydrogens is 243 g/mol. The van der Waals surface area contributed by atoms with Crippen LogP contribution in [0.15, 0.2) is 0 Å². The number of ether oxygens (including phenoxy) is 2. The highest BCUT2D eigenvalue weighted by atomic mass is 35.5. The molecule has 0 fully saturated rings. The zero-order valence-electron chi connectivity index (χ0n) is 8.01. The van der Waals surface area contributed by atoms with Gasteiger partial charge >= 0.3 is 0 Å². The van der Waals surface area contributed by atoms with E-state index in [1.807, 2.05) is 0 Å². The van der Waals surface area contributed by atoms with Crippen molar-refractivity contribution in [2.75, 3.05) is 14.2 Å². The van der Waals surface area contributed by atoms with Crippen LogP contribution < -0.4 is 9.47 Å². The first-order valence-electron chi connectivity index (χ1n) is 3.85. The van der Waals surface area contributed by atoms with Gasteiger partial charge in [-0.2, -0.15) is 0 Å². The molecule has 0 unspecified atom stereocenters. The molecule has 1 rings (SSSR count). The summed E-state index contributed by atoms with van der Waals surface area (Å²) in [6.07, 6.45) is 0.467. The second-order valence-electron chi connectivity index (χ2n) is 2.57. The Bertz CT molecular complexity index is 373. The second-order valence-corrected chi connectivity index (χ2v) is 3.33. The van der Waals surface area contributed by atoms with Crippen LogP contribution in [0.2, 0.25) is 10.0 Å². The minimum atomic E-state index is -0.333. The molecule has 1 aromatic rings. The Morgan fingerprint density at radius 2 is 1.53 bits per heavy atom. The molecule has 0 aliphatic rings. The quantitative estimate of drug-likeness (QED) is 0.838. The molecule has 0 heterocycles. The zero-order chi connectivity index (χ0) is 11.6. The Kier molecular flexibility index (Phi) is 3.66. The van der Waals surface area contributed by atoms with Crippen molar-refractivity contribution in [1.82, 2.24) is 0 Å². The molecule has 0 saturated heterocycles. The summed E-state index contributed by atoms with van der Waals surface area (Å²) in [6.45, 7) is 0. The van der Waals surface area contributed by atoms with Crippen LogP contribution >= 0.6 is 23.2 Å². The third kappa shape index (κ3) is 1.82. The lowest BCUT2D eigenvalue weighted by Crippen LogP contribution is -1.96. The molecule has 0 aliphatic carbocycles. The number of aromatic hydroxyl groups is 1. The molecule has 0 saturated carbocycles. The van der Waals surface area contributed by atoms with Crippen molar-refractivity contribution in [2.24, 2.45) is 0 Å². The standard InChI is InChI=1S/C9H8Cl2O4/c1-14-8-5(10)4(3-12)6(11)9(15-2)7(8)13/h3,13H,1-2H3. The summed E-state index contributed by atoms with van der Waals surface area (Å²) < 4.78 is 9.67. The molecule has 15 heavy (non-hydrogen) atoms. The van der Waals surface area contributed by atoms with Crippen LogP contribution in [0.1, 0.15) is 10.4 Å². The molecule has 0 bridgehead atoms. The Labute approximate surface area is 96.3 Å². The summed E-state index contributed by atoms with van der Waals surface area (Å²) in [7, 11) is 2.62. The van der Waals surface area contributed by atoms with Gasteiger partial charge in [0.2, 0.25) is 5.75 Å². The predicted molar refractivity (Wildman–Crippen MR) is 56.6 cm³/mol. The van der Waals surface area contributed by atoms with Gasteiger partial charge in [0.1, 0.15) is 0 Å². The van der Waals surface area contributed by atoms with Crippen LogP contribution in [0.5, 0.6) is 17.2 Å². The second kappa shape index (κ2) is 4.59. The van der Waals surface area contributed by atoms with Gasteiger partial charge in [0.05, 0.1) is 29.8 Å². The SMILES string of the molecule is COc1c(O)c(OC)c(Cl)c(C=O)c1Cl. The molecule has 4 nitrogen and oxygen atoms in total. The highest BCUT2D eigenvalue weighted by molar-refractivity contribution is 6.40. The molecule has 0 spiro atoms. The van der Waals surface area contributed by atoms with E-state index < -0.39 is 0 Å². The molecule has 0 atom stereocenters. The normalized spacial score (nSPS) is 9.87. The van der Waals surface area contributed by atoms with Crippen LogP contribution in [0.4, 0.5) is 0 Å². The molecule has 0 amide bonds. The molecule has 1 N–H and O–H groups in total. The molecule has 0 radical (unpaired) electrons. The number of halogens is 2. The minimum Gasteiger partial charge on any atom is -0.502 e. The largest absolute Gasteiger partial charge is 0.502 e. The number of rotatable bonds is 3. The summed E-state index contributed by atoms with van der Waals surface area (Å²) in [5.74, 6) is -0.416. The average Bonchev–Trinajstić information content (AvgIpc) is 2.19. The van der Waals surface area contributed by atoms with Crippen molar-refractivity contribution in [3.05, 3.63) is 15.6 Å². The Hall–Kier alpha value is -1.13. The first-order chi connectivity index (χ1) is 7.08. The molecule has 82 valence electrons. The maximum Gasteiger partial charge on any atom is 0.203 e. The van der Waals surface area contributed by atoms with Gasteiger partial charge < -0.3 is 14.6 Å². The minimum absolute atomic E-state index is 0.0184. The third-order valence-electron chi connectivity index (χ3n) is 1.83. The highest BCUT2D eigenvalue weighted by Gasteiger charge is 2.22. The number of benzene rings is 1. The monoisotopic (exact) mass is 250 g/mol. The fourth-order valence-corrected chi connectivity index (χ4v) is 1.79. The molecule has 0 aliphatic heterocycles. The van der Waals surface area contributed by atoms with Gasteiger partial charge in [-0.15, -0.1) is 0 Å². The van der Waals surface area contributed by atoms with Crippen molar-refractivity contribution in [2.45, 2.75) is 0 Å². The lowest BCUT2D eigenvalue weighted by molar-refractivity contribution is 0.112. The van der Waals surface area contributed by atoms with Gasteiger partial charge in [-0.05, 0) is 0 Å². The number of carbonyl (C=O) groups excluding carboxylic acids is 1. The van der Waals surface area contributed by atoms with E-state index in [-0.39, 0.29) is 32.9 Å². The Balaban J connectivity index is 3.64. The summed E-state index contributed by atoms with van der Waals surface area (Å²) in [5, 5.41) is 9.54. The zero-order valence-corrected chi connectivity index (χ0v) is 9.52. The molecule has 6 heteroatoms. The third-order valence-corrected chi connectivity index (χ3v) is 2.58. The first kappa shape index (κ1) is 11.9. The van der Waals surface area contributed by atoms with Crippen LogP contribution in [0.25, 0.3) is 0 Å². The van der Waals surface area contributed by atoms with E-state index in [1.165, 1.54) is 14.2 Å². The Morgan fingerprint density at radius 3 is 1.80 bits per heavy atom. The summed E-state index contributed by atoms with van der Waals surface area (Å²) >= 11 is 11.6. The summed E-state index contributed by atoms with van der Waals surface area (Å²) in [6, 6.07) is 0. The number of hydrogen-bond acceptors (Lipinski definition) is 4. The topological polar surface area (TPSA) is 55.8 Å². The number of hydrogen-bond donors (Lipinski definition) is 1. The van der Waals surface area contributed by atoms with E-state index in [2.05, 4.69) is 0 Å². The number of methoxy groups -OCH3 is 2. The van der Waals surface area contributed by atoms with Gasteiger partial charge in [-0.3, -0.25) is 4.79 Å². The van der Waals surface area contributed by atoms with Crippen molar-refractivity contribution < 1.29 is 19.4 Å². The van der Waals surface area contributed by atoms with E-state index >= 15 is 0 Å². The lowest BCUT2D eigenvalue weighted by atomic mass is 10.2. The summed E-state index contributed by atoms with van der Waals surface area (Å²) in [4.78, 5) is 10.7. The van der Waals surface area contributed by atoms with E-state index in [1.54, 1.807) is 0 Å². The van der Waals surface area contributed by atoms with Crippen molar-refractivity contribution in [3.8, 4) is 17.2 Å². The van der Waals surface area contributed by atoms with E-state index in [4.69, 9.17) is 32.7 Å². The molecular formula is C9H8Cl2O4. The predicted octanol–water partition coefficient (Wildman–Crippen LogP) is 2.53. The van der Waals surface area contributed by atoms with Gasteiger partial charge in [0.25, 0.3) is 0 Å². The Morgan fingerprint density at radius 1 is 1.13 bits per heavy atom. The molecule has 0 aromatic heterocycles. The van der Waals surface area contributed by atoms with Crippen LogP contribution in [0, 0.1) is 0 Å². The van der Waals surface area contributed by atoms with Crippen molar-refractivity contribution in [3.63, 3.8) is 0 Å². The van der Waals surface area contributed by atoms with E-state index in [0.717, 1.165) is 0 Å². The smallest absolute Gasteiger partial charge is 0.203 e. The summed E-state index contributed by atoms with van der Waals surface area (Å²) in [5.41, 5.74) is 0.0184. The van der Waals surface area contributed by atoms with Gasteiger partial charge in [0.15, 0.2) is 17.8 Å². The van der Waals surface area contributed by atoms with Gasteiger partial charge in [-0.25, -0.2) is 0 Å². The van der Waals surface area contributed by atoms with Crippen LogP contribution in [-0.2, 0) is 0 Å². The van der Waals surface area contributed by atoms with Gasteiger partial charge in [0, 0.05) is 0 Å². The number of phenolic OH excluding ortho intramolecular Hbond substituents is 1. The fourth-order valence-electron chi connectivity index (χ4n) is 1.13. The van der Waals surface area contributed by atoms with Crippen LogP contribution in [-0.4, -0.2) is 25.6 Å². The number of carbonyl (C=O) groups is 1. The van der Waals surface area contributed by atoms with Gasteiger partial charge in [-0.1, -0.05) is 23.2 Å². The first-order valence-corrected chi connectivity index (χ1v) is 4.61. The van der Waals surface area contributed by atoms with Crippen LogP contribution in [0.3, 0.4) is 0 Å². The maximum atomic E-state index is 10.7.